The normalized spacial score (nSPS) is 10.9. The number of rotatable bonds is 5. The molecule has 0 spiro atoms. The maximum absolute atomic E-state index is 11.7. The molecule has 3 aromatic heterocycles. The van der Waals surface area contributed by atoms with E-state index in [1.165, 1.54) is 0 Å². The molecule has 0 aliphatic heterocycles. The summed E-state index contributed by atoms with van der Waals surface area (Å²) in [4.78, 5) is 23.7. The predicted octanol–water partition coefficient (Wildman–Crippen LogP) is 1.44. The van der Waals surface area contributed by atoms with Crippen LogP contribution in [0.5, 0.6) is 0 Å². The van der Waals surface area contributed by atoms with Crippen molar-refractivity contribution in [1.82, 2.24) is 15.0 Å². The fourth-order valence-electron chi connectivity index (χ4n) is 2.47. The molecular formula is C16H17N5O2. The number of nitrogens with zero attached hydrogens (tertiary/aromatic N) is 2. The molecule has 0 atom stereocenters. The second-order valence-electron chi connectivity index (χ2n) is 5.16. The third-order valence-electron chi connectivity index (χ3n) is 3.50. The Balaban J connectivity index is 2.24. The molecule has 118 valence electrons. The highest BCUT2D eigenvalue weighted by Gasteiger charge is 2.16. The Morgan fingerprint density at radius 1 is 1.35 bits per heavy atom. The third kappa shape index (κ3) is 2.86. The van der Waals surface area contributed by atoms with Crippen molar-refractivity contribution in [3.63, 3.8) is 0 Å². The minimum Gasteiger partial charge on any atom is -0.395 e. The number of aryl methyl sites for hydroxylation is 1. The number of hydrogen-bond acceptors (Lipinski definition) is 5. The Kier molecular flexibility index (Phi) is 3.94. The second-order valence-corrected chi connectivity index (χ2v) is 5.16. The van der Waals surface area contributed by atoms with E-state index in [-0.39, 0.29) is 6.61 Å². The van der Waals surface area contributed by atoms with Crippen LogP contribution < -0.4 is 11.1 Å². The summed E-state index contributed by atoms with van der Waals surface area (Å²) in [6, 6.07) is 7.12. The fraction of sp³-hybridized carbons (Fsp3) is 0.188. The standard InChI is InChI=1S/C16H17N5O2/c1-9-2-3-11(15(17)23)14(20-9)12-8-13(18-6-7-22)21-16-10(12)4-5-19-16/h2-5,8,22H,6-7H2,1H3,(H2,17,23)(H2,18,19,21). The number of carbonyl (C=O) groups excluding carboxylic acids is 1. The topological polar surface area (TPSA) is 117 Å². The summed E-state index contributed by atoms with van der Waals surface area (Å²) >= 11 is 0. The van der Waals surface area contributed by atoms with E-state index in [9.17, 15) is 4.79 Å². The molecule has 3 heterocycles. The summed E-state index contributed by atoms with van der Waals surface area (Å²) in [7, 11) is 0. The number of fused-ring (bicyclic) bond motifs is 1. The van der Waals surface area contributed by atoms with Gasteiger partial charge in [-0.05, 0) is 31.2 Å². The van der Waals surface area contributed by atoms with Crippen molar-refractivity contribution in [2.45, 2.75) is 6.92 Å². The molecule has 0 fully saturated rings. The van der Waals surface area contributed by atoms with Gasteiger partial charge in [0.15, 0.2) is 0 Å². The Labute approximate surface area is 132 Å². The molecule has 0 bridgehead atoms. The smallest absolute Gasteiger partial charge is 0.250 e. The van der Waals surface area contributed by atoms with Crippen LogP contribution in [0, 0.1) is 6.92 Å². The van der Waals surface area contributed by atoms with Gasteiger partial charge in [0.1, 0.15) is 11.5 Å². The number of pyridine rings is 2. The monoisotopic (exact) mass is 311 g/mol. The number of primary amides is 1. The van der Waals surface area contributed by atoms with Gasteiger partial charge in [-0.25, -0.2) is 4.98 Å². The lowest BCUT2D eigenvalue weighted by Crippen LogP contribution is -2.14. The summed E-state index contributed by atoms with van der Waals surface area (Å²) in [6.07, 6.45) is 1.77. The first-order valence-corrected chi connectivity index (χ1v) is 7.21. The maximum atomic E-state index is 11.7. The van der Waals surface area contributed by atoms with Gasteiger partial charge in [-0.1, -0.05) is 0 Å². The molecule has 1 amide bonds. The molecule has 3 rings (SSSR count). The minimum atomic E-state index is -0.530. The molecule has 0 saturated heterocycles. The zero-order valence-electron chi connectivity index (χ0n) is 12.6. The van der Waals surface area contributed by atoms with Gasteiger partial charge in [0, 0.05) is 29.4 Å². The van der Waals surface area contributed by atoms with Gasteiger partial charge in [-0.2, -0.15) is 0 Å². The van der Waals surface area contributed by atoms with Crippen LogP contribution in [0.3, 0.4) is 0 Å². The molecule has 7 nitrogen and oxygen atoms in total. The average molecular weight is 311 g/mol. The lowest BCUT2D eigenvalue weighted by molar-refractivity contribution is 0.100. The van der Waals surface area contributed by atoms with Crippen molar-refractivity contribution in [2.24, 2.45) is 5.73 Å². The molecule has 7 heteroatoms. The molecule has 0 saturated carbocycles. The van der Waals surface area contributed by atoms with Gasteiger partial charge in [0.05, 0.1) is 17.9 Å². The number of aliphatic hydroxyl groups excluding tert-OH is 1. The highest BCUT2D eigenvalue weighted by molar-refractivity contribution is 6.03. The molecule has 3 aromatic rings. The zero-order chi connectivity index (χ0) is 16.4. The van der Waals surface area contributed by atoms with E-state index in [0.717, 1.165) is 16.6 Å². The molecule has 0 radical (unpaired) electrons. The van der Waals surface area contributed by atoms with Crippen molar-refractivity contribution in [1.29, 1.82) is 0 Å². The van der Waals surface area contributed by atoms with Crippen LogP contribution in [0.2, 0.25) is 0 Å². The maximum Gasteiger partial charge on any atom is 0.250 e. The highest BCUT2D eigenvalue weighted by Crippen LogP contribution is 2.31. The van der Waals surface area contributed by atoms with E-state index in [4.69, 9.17) is 10.8 Å². The second kappa shape index (κ2) is 6.05. The molecule has 5 N–H and O–H groups in total. The van der Waals surface area contributed by atoms with E-state index in [1.54, 1.807) is 24.4 Å². The molecular weight excluding hydrogens is 294 g/mol. The molecule has 0 unspecified atom stereocenters. The van der Waals surface area contributed by atoms with E-state index in [2.05, 4.69) is 20.3 Å². The average Bonchev–Trinajstić information content (AvgIpc) is 3.00. The molecule has 0 aliphatic rings. The zero-order valence-corrected chi connectivity index (χ0v) is 12.6. The molecule has 23 heavy (non-hydrogen) atoms. The fourth-order valence-corrected chi connectivity index (χ4v) is 2.47. The van der Waals surface area contributed by atoms with Crippen LogP contribution in [0.1, 0.15) is 16.1 Å². The van der Waals surface area contributed by atoms with Gasteiger partial charge in [0.25, 0.3) is 5.91 Å². The van der Waals surface area contributed by atoms with Crippen LogP contribution in [0.15, 0.2) is 30.5 Å². The summed E-state index contributed by atoms with van der Waals surface area (Å²) in [5, 5.41) is 12.8. The first kappa shape index (κ1) is 15.0. The van der Waals surface area contributed by atoms with Crippen molar-refractivity contribution in [2.75, 3.05) is 18.5 Å². The Morgan fingerprint density at radius 2 is 2.17 bits per heavy atom. The Morgan fingerprint density at radius 3 is 2.91 bits per heavy atom. The van der Waals surface area contributed by atoms with Gasteiger partial charge in [-0.3, -0.25) is 9.78 Å². The first-order chi connectivity index (χ1) is 11.1. The van der Waals surface area contributed by atoms with Crippen LogP contribution in [-0.2, 0) is 0 Å². The van der Waals surface area contributed by atoms with E-state index < -0.39 is 5.91 Å². The summed E-state index contributed by atoms with van der Waals surface area (Å²) in [6.45, 7) is 2.23. The number of hydrogen-bond donors (Lipinski definition) is 4. The Bertz CT molecular complexity index is 872. The number of nitrogens with one attached hydrogen (secondary N) is 2. The summed E-state index contributed by atoms with van der Waals surface area (Å²) in [5.74, 6) is 0.0561. The van der Waals surface area contributed by atoms with Crippen LogP contribution in [0.4, 0.5) is 5.82 Å². The number of nitrogens with two attached hydrogens (primary N) is 1. The number of aromatic amines is 1. The van der Waals surface area contributed by atoms with Crippen molar-refractivity contribution < 1.29 is 9.90 Å². The summed E-state index contributed by atoms with van der Waals surface area (Å²) in [5.41, 5.74) is 8.59. The lowest BCUT2D eigenvalue weighted by atomic mass is 10.0. The van der Waals surface area contributed by atoms with E-state index >= 15 is 0 Å². The predicted molar refractivity (Wildman–Crippen MR) is 88.2 cm³/mol. The van der Waals surface area contributed by atoms with Gasteiger partial charge in [0.2, 0.25) is 0 Å². The number of amides is 1. The lowest BCUT2D eigenvalue weighted by Gasteiger charge is -2.11. The molecule has 0 aromatic carbocycles. The van der Waals surface area contributed by atoms with Gasteiger partial charge >= 0.3 is 0 Å². The van der Waals surface area contributed by atoms with Crippen LogP contribution >= 0.6 is 0 Å². The van der Waals surface area contributed by atoms with Crippen molar-refractivity contribution >= 4 is 22.8 Å². The SMILES string of the molecule is Cc1ccc(C(N)=O)c(-c2cc(NCCO)nc3[nH]ccc23)n1. The first-order valence-electron chi connectivity index (χ1n) is 7.21. The van der Waals surface area contributed by atoms with Crippen molar-refractivity contribution in [3.05, 3.63) is 41.7 Å². The largest absolute Gasteiger partial charge is 0.395 e. The number of carbonyl (C=O) groups is 1. The van der Waals surface area contributed by atoms with Crippen molar-refractivity contribution in [3.8, 4) is 11.3 Å². The van der Waals surface area contributed by atoms with E-state index in [0.29, 0.717) is 29.3 Å². The van der Waals surface area contributed by atoms with Crippen LogP contribution in [-0.4, -0.2) is 39.1 Å². The number of aliphatic hydroxyl groups is 1. The summed E-state index contributed by atoms with van der Waals surface area (Å²) < 4.78 is 0. The number of anilines is 1. The molecule has 0 aliphatic carbocycles. The number of aromatic nitrogens is 3. The third-order valence-corrected chi connectivity index (χ3v) is 3.50. The van der Waals surface area contributed by atoms with Gasteiger partial charge < -0.3 is 21.1 Å². The van der Waals surface area contributed by atoms with Gasteiger partial charge in [-0.15, -0.1) is 0 Å². The van der Waals surface area contributed by atoms with E-state index in [1.807, 2.05) is 13.0 Å². The highest BCUT2D eigenvalue weighted by atomic mass is 16.3. The quantitative estimate of drug-likeness (QED) is 0.569. The number of H-pyrrole nitrogens is 1. The van der Waals surface area contributed by atoms with Crippen LogP contribution in [0.25, 0.3) is 22.3 Å². The minimum absolute atomic E-state index is 0.00495. The Hall–Kier alpha value is -2.93.